The molecule has 1 unspecified atom stereocenters. The molecule has 4 aromatic rings. The van der Waals surface area contributed by atoms with Gasteiger partial charge in [0, 0.05) is 24.8 Å². The molecule has 2 fully saturated rings. The Hall–Kier alpha value is -4.29. The summed E-state index contributed by atoms with van der Waals surface area (Å²) in [5, 5.41) is 0. The molecule has 45 heavy (non-hydrogen) atoms. The minimum absolute atomic E-state index is 0.0844. The third kappa shape index (κ3) is 8.25. The van der Waals surface area contributed by atoms with Crippen LogP contribution in [0.3, 0.4) is 0 Å². The highest BCUT2D eigenvalue weighted by atomic mass is 16.5. The van der Waals surface area contributed by atoms with E-state index in [2.05, 4.69) is 36.4 Å². The number of nitrogens with one attached hydrogen (secondary N) is 1. The smallest absolute Gasteiger partial charge is 0.306 e. The number of hydrogen-bond acceptors (Lipinski definition) is 5. The van der Waals surface area contributed by atoms with Crippen LogP contribution in [-0.4, -0.2) is 31.8 Å². The van der Waals surface area contributed by atoms with Gasteiger partial charge in [-0.3, -0.25) is 4.79 Å². The molecule has 6 rings (SSSR count). The van der Waals surface area contributed by atoms with E-state index in [1.54, 1.807) is 12.0 Å². The number of carbonyl (C=O) groups excluding carboxylic acids is 1. The van der Waals surface area contributed by atoms with Crippen LogP contribution >= 0.6 is 0 Å². The molecule has 4 aromatic carbocycles. The van der Waals surface area contributed by atoms with E-state index in [4.69, 9.17) is 18.9 Å². The third-order valence-corrected chi connectivity index (χ3v) is 9.20. The molecular formula is C39H44NO5+. The normalized spacial score (nSPS) is 20.9. The molecule has 0 bridgehead atoms. The summed E-state index contributed by atoms with van der Waals surface area (Å²) in [6.07, 6.45) is 6.32. The van der Waals surface area contributed by atoms with Crippen molar-refractivity contribution in [3.05, 3.63) is 125 Å². The summed E-state index contributed by atoms with van der Waals surface area (Å²) in [6.45, 7) is 2.16. The number of rotatable bonds is 12. The van der Waals surface area contributed by atoms with E-state index >= 15 is 0 Å². The summed E-state index contributed by atoms with van der Waals surface area (Å²) in [6, 6.07) is 35.4. The lowest BCUT2D eigenvalue weighted by Gasteiger charge is -2.44. The number of carbonyl (C=O) groups is 1. The van der Waals surface area contributed by atoms with Crippen molar-refractivity contribution in [2.45, 2.75) is 76.3 Å². The molecular weight excluding hydrogens is 562 g/mol. The second kappa shape index (κ2) is 15.1. The van der Waals surface area contributed by atoms with E-state index in [1.807, 2.05) is 66.7 Å². The number of fused-ring (bicyclic) bond motifs is 1. The summed E-state index contributed by atoms with van der Waals surface area (Å²) in [4.78, 5) is 14.7. The maximum absolute atomic E-state index is 13.1. The lowest BCUT2D eigenvalue weighted by atomic mass is 9.84. The molecule has 234 valence electrons. The number of methoxy groups -OCH3 is 1. The van der Waals surface area contributed by atoms with Gasteiger partial charge in [0.25, 0.3) is 0 Å². The number of quaternary nitrogens is 1. The van der Waals surface area contributed by atoms with E-state index in [0.29, 0.717) is 32.1 Å². The van der Waals surface area contributed by atoms with Crippen LogP contribution in [0.4, 0.5) is 0 Å². The SMILES string of the molecule is COc1ccc([C@H]2C[C@H](OC(=O)CCc3ccc(OCc4ccccc4)cc3)C[C@H]3CCCC[NH+]32)cc1OCc1ccccc1. The van der Waals surface area contributed by atoms with Crippen molar-refractivity contribution in [1.29, 1.82) is 0 Å². The van der Waals surface area contributed by atoms with Gasteiger partial charge in [-0.25, -0.2) is 0 Å². The topological polar surface area (TPSA) is 58.4 Å². The molecule has 0 saturated carbocycles. The first-order chi connectivity index (χ1) is 22.1. The molecule has 0 amide bonds. The minimum Gasteiger partial charge on any atom is -0.493 e. The standard InChI is InChI=1S/C39H43NO5/c1-42-37-21-18-32(24-38(37)44-28-31-12-6-3-7-13-31)36-26-35(25-33-14-8-9-23-40(33)36)45-39(41)22-17-29-15-19-34(20-16-29)43-27-30-10-4-2-5-11-30/h2-7,10-13,15-16,18-21,24,33,35-36H,8-9,14,17,22-23,25-28H2,1H3/p+1/t33-,35-,36-/m1/s1. The van der Waals surface area contributed by atoms with Gasteiger partial charge >= 0.3 is 5.97 Å². The number of piperidine rings is 2. The van der Waals surface area contributed by atoms with Gasteiger partial charge in [0.05, 0.1) is 19.7 Å². The van der Waals surface area contributed by atoms with E-state index in [1.165, 1.54) is 24.8 Å². The van der Waals surface area contributed by atoms with Crippen molar-refractivity contribution < 1.29 is 28.6 Å². The zero-order chi connectivity index (χ0) is 30.8. The van der Waals surface area contributed by atoms with E-state index in [0.717, 1.165) is 53.3 Å². The van der Waals surface area contributed by atoms with Crippen LogP contribution in [0.1, 0.15) is 66.8 Å². The van der Waals surface area contributed by atoms with E-state index < -0.39 is 0 Å². The van der Waals surface area contributed by atoms with Crippen LogP contribution in [0.25, 0.3) is 0 Å². The monoisotopic (exact) mass is 606 g/mol. The fourth-order valence-corrected chi connectivity index (χ4v) is 6.85. The molecule has 4 atom stereocenters. The Kier molecular flexibility index (Phi) is 10.3. The zero-order valence-electron chi connectivity index (χ0n) is 26.2. The number of benzene rings is 4. The molecule has 6 nitrogen and oxygen atoms in total. The van der Waals surface area contributed by atoms with E-state index in [-0.39, 0.29) is 18.1 Å². The van der Waals surface area contributed by atoms with Crippen LogP contribution in [0, 0.1) is 0 Å². The highest BCUT2D eigenvalue weighted by molar-refractivity contribution is 5.70. The number of hydrogen-bond donors (Lipinski definition) is 1. The highest BCUT2D eigenvalue weighted by Crippen LogP contribution is 2.34. The molecule has 0 aromatic heterocycles. The average molecular weight is 607 g/mol. The highest BCUT2D eigenvalue weighted by Gasteiger charge is 2.42. The molecule has 6 heteroatoms. The van der Waals surface area contributed by atoms with Crippen LogP contribution in [-0.2, 0) is 29.2 Å². The second-order valence-corrected chi connectivity index (χ2v) is 12.3. The molecule has 1 N–H and O–H groups in total. The van der Waals surface area contributed by atoms with Gasteiger partial charge in [-0.2, -0.15) is 0 Å². The molecule has 2 saturated heterocycles. The fourth-order valence-electron chi connectivity index (χ4n) is 6.85. The van der Waals surface area contributed by atoms with Gasteiger partial charge in [-0.15, -0.1) is 0 Å². The van der Waals surface area contributed by atoms with Crippen molar-refractivity contribution in [2.75, 3.05) is 13.7 Å². The Labute approximate surface area is 266 Å². The Morgan fingerprint density at radius 1 is 0.756 bits per heavy atom. The molecule has 2 aliphatic rings. The summed E-state index contributed by atoms with van der Waals surface area (Å²) < 4.78 is 24.0. The van der Waals surface area contributed by atoms with Crippen molar-refractivity contribution in [3.63, 3.8) is 0 Å². The second-order valence-electron chi connectivity index (χ2n) is 12.3. The summed E-state index contributed by atoms with van der Waals surface area (Å²) in [5.74, 6) is 2.19. The van der Waals surface area contributed by atoms with Crippen molar-refractivity contribution in [1.82, 2.24) is 0 Å². The van der Waals surface area contributed by atoms with Crippen LogP contribution in [0.2, 0.25) is 0 Å². The zero-order valence-corrected chi connectivity index (χ0v) is 26.2. The predicted octanol–water partition coefficient (Wildman–Crippen LogP) is 6.67. The van der Waals surface area contributed by atoms with E-state index in [9.17, 15) is 4.79 Å². The Morgan fingerprint density at radius 3 is 2.18 bits per heavy atom. The maximum Gasteiger partial charge on any atom is 0.306 e. The van der Waals surface area contributed by atoms with Crippen LogP contribution in [0.5, 0.6) is 17.2 Å². The predicted molar refractivity (Wildman–Crippen MR) is 175 cm³/mol. The Bertz CT molecular complexity index is 1510. The van der Waals surface area contributed by atoms with Gasteiger partial charge in [-0.1, -0.05) is 72.8 Å². The summed E-state index contributed by atoms with van der Waals surface area (Å²) >= 11 is 0. The van der Waals surface area contributed by atoms with Crippen molar-refractivity contribution in [2.24, 2.45) is 0 Å². The fraction of sp³-hybridized carbons (Fsp3) is 0.359. The Morgan fingerprint density at radius 2 is 1.47 bits per heavy atom. The average Bonchev–Trinajstić information content (AvgIpc) is 3.10. The number of ether oxygens (including phenoxy) is 4. The number of esters is 1. The van der Waals surface area contributed by atoms with Gasteiger partial charge < -0.3 is 23.8 Å². The lowest BCUT2D eigenvalue weighted by Crippen LogP contribution is -3.18. The van der Waals surface area contributed by atoms with Gasteiger partial charge in [0.15, 0.2) is 11.5 Å². The first kappa shape index (κ1) is 30.7. The molecule has 0 radical (unpaired) electrons. The largest absolute Gasteiger partial charge is 0.493 e. The molecule has 0 spiro atoms. The van der Waals surface area contributed by atoms with Crippen LogP contribution < -0.4 is 19.1 Å². The van der Waals surface area contributed by atoms with Gasteiger partial charge in [0.2, 0.25) is 0 Å². The quantitative estimate of drug-likeness (QED) is 0.183. The van der Waals surface area contributed by atoms with Gasteiger partial charge in [0.1, 0.15) is 31.1 Å². The third-order valence-electron chi connectivity index (χ3n) is 9.20. The molecule has 2 aliphatic heterocycles. The first-order valence-electron chi connectivity index (χ1n) is 16.3. The molecule has 0 aliphatic carbocycles. The van der Waals surface area contributed by atoms with Gasteiger partial charge in [-0.05, 0) is 72.7 Å². The lowest BCUT2D eigenvalue weighted by molar-refractivity contribution is -0.967. The molecule has 2 heterocycles. The summed E-state index contributed by atoms with van der Waals surface area (Å²) in [7, 11) is 1.68. The number of aryl methyl sites for hydroxylation is 1. The van der Waals surface area contributed by atoms with Crippen molar-refractivity contribution in [3.8, 4) is 17.2 Å². The van der Waals surface area contributed by atoms with Crippen molar-refractivity contribution >= 4 is 5.97 Å². The minimum atomic E-state index is -0.121. The van der Waals surface area contributed by atoms with Crippen LogP contribution in [0.15, 0.2) is 103 Å². The maximum atomic E-state index is 13.1. The first-order valence-corrected chi connectivity index (χ1v) is 16.3. The Balaban J connectivity index is 1.06. The summed E-state index contributed by atoms with van der Waals surface area (Å²) in [5.41, 5.74) is 4.57.